The molecule has 8 nitrogen and oxygen atoms in total. The fraction of sp³-hybridized carbons (Fsp3) is 0.286. The maximum atomic E-state index is 14.1. The maximum absolute atomic E-state index is 14.1. The first-order valence-corrected chi connectivity index (χ1v) is 11.5. The van der Waals surface area contributed by atoms with Gasteiger partial charge in [-0.2, -0.15) is 5.10 Å². The van der Waals surface area contributed by atoms with Crippen molar-refractivity contribution in [1.82, 2.24) is 20.1 Å². The molecule has 0 bridgehead atoms. The topological polar surface area (TPSA) is 114 Å². The second-order valence-corrected chi connectivity index (χ2v) is 10.5. The number of pyridine rings is 1. The van der Waals surface area contributed by atoms with E-state index >= 15 is 0 Å². The Morgan fingerprint density at radius 1 is 1.28 bits per heavy atom. The van der Waals surface area contributed by atoms with Gasteiger partial charge in [0.2, 0.25) is 9.84 Å². The van der Waals surface area contributed by atoms with Gasteiger partial charge in [0, 0.05) is 24.9 Å². The van der Waals surface area contributed by atoms with Crippen LogP contribution in [0.2, 0.25) is 5.02 Å². The molecular weight excluding hydrogens is 459 g/mol. The Balaban J connectivity index is 2.19. The molecule has 1 unspecified atom stereocenters. The summed E-state index contributed by atoms with van der Waals surface area (Å²) in [5.74, 6) is -0.731. The summed E-state index contributed by atoms with van der Waals surface area (Å²) in [7, 11) is -4.10. The number of carbonyl (C=O) groups is 1. The quantitative estimate of drug-likeness (QED) is 0.548. The Morgan fingerprint density at radius 3 is 2.59 bits per heavy atom. The summed E-state index contributed by atoms with van der Waals surface area (Å²) in [6, 6.07) is 7.63. The van der Waals surface area contributed by atoms with Crippen LogP contribution in [0.3, 0.4) is 0 Å². The highest BCUT2D eigenvalue weighted by atomic mass is 35.5. The lowest BCUT2D eigenvalue weighted by atomic mass is 9.84. The van der Waals surface area contributed by atoms with Crippen LogP contribution in [0.1, 0.15) is 26.5 Å². The van der Waals surface area contributed by atoms with Gasteiger partial charge in [0.15, 0.2) is 5.03 Å². The molecule has 0 saturated heterocycles. The Labute approximate surface area is 190 Å². The van der Waals surface area contributed by atoms with Gasteiger partial charge >= 0.3 is 6.09 Å². The lowest BCUT2D eigenvalue weighted by molar-refractivity contribution is 0.174. The molecule has 2 N–H and O–H groups in total. The van der Waals surface area contributed by atoms with Gasteiger partial charge in [0.1, 0.15) is 10.8 Å². The molecule has 0 saturated carbocycles. The number of nitrogens with zero attached hydrogens (tertiary/aromatic N) is 3. The van der Waals surface area contributed by atoms with Crippen molar-refractivity contribution in [2.24, 2.45) is 5.41 Å². The average Bonchev–Trinajstić information content (AvgIpc) is 3.14. The molecule has 0 spiro atoms. The van der Waals surface area contributed by atoms with Crippen LogP contribution in [0.15, 0.2) is 58.7 Å². The molecule has 0 aliphatic carbocycles. The molecule has 3 aromatic rings. The van der Waals surface area contributed by atoms with E-state index in [4.69, 9.17) is 11.6 Å². The van der Waals surface area contributed by atoms with Crippen LogP contribution in [0, 0.1) is 11.2 Å². The molecular formula is C21H22ClFN4O4S. The van der Waals surface area contributed by atoms with Crippen molar-refractivity contribution in [3.8, 4) is 5.69 Å². The van der Waals surface area contributed by atoms with Crippen LogP contribution in [0.4, 0.5) is 9.18 Å². The summed E-state index contributed by atoms with van der Waals surface area (Å²) in [6.07, 6.45) is 1.53. The van der Waals surface area contributed by atoms with E-state index in [1.54, 1.807) is 0 Å². The first kappa shape index (κ1) is 23.7. The second-order valence-electron chi connectivity index (χ2n) is 8.22. The minimum Gasteiger partial charge on any atom is -0.465 e. The highest BCUT2D eigenvalue weighted by Gasteiger charge is 2.31. The molecule has 1 atom stereocenters. The Morgan fingerprint density at radius 2 is 2.00 bits per heavy atom. The number of amides is 1. The van der Waals surface area contributed by atoms with Gasteiger partial charge in [-0.25, -0.2) is 22.3 Å². The van der Waals surface area contributed by atoms with Crippen LogP contribution in [0.25, 0.3) is 5.69 Å². The van der Waals surface area contributed by atoms with E-state index < -0.39 is 33.2 Å². The fourth-order valence-corrected chi connectivity index (χ4v) is 4.65. The number of hydrogen-bond acceptors (Lipinski definition) is 5. The SMILES string of the molecule is CC(C)(C)C(Cc1cc(S(=O)(=O)c2cccnc2)n(-c2cccc(F)c2Cl)n1)NC(=O)O. The number of hydrogen-bond donors (Lipinski definition) is 2. The summed E-state index contributed by atoms with van der Waals surface area (Å²) in [6.45, 7) is 5.55. The van der Waals surface area contributed by atoms with Gasteiger partial charge in [-0.1, -0.05) is 38.4 Å². The van der Waals surface area contributed by atoms with E-state index in [2.05, 4.69) is 15.4 Å². The van der Waals surface area contributed by atoms with Gasteiger partial charge in [-0.05, 0) is 35.7 Å². The molecule has 1 amide bonds. The maximum Gasteiger partial charge on any atom is 0.404 e. The van der Waals surface area contributed by atoms with Gasteiger partial charge in [-0.3, -0.25) is 4.98 Å². The molecule has 32 heavy (non-hydrogen) atoms. The molecule has 0 aliphatic rings. The zero-order valence-electron chi connectivity index (χ0n) is 17.6. The first-order chi connectivity index (χ1) is 14.9. The molecule has 0 radical (unpaired) electrons. The first-order valence-electron chi connectivity index (χ1n) is 9.59. The van der Waals surface area contributed by atoms with Gasteiger partial charge in [0.25, 0.3) is 0 Å². The zero-order chi connectivity index (χ0) is 23.7. The summed E-state index contributed by atoms with van der Waals surface area (Å²) >= 11 is 6.12. The summed E-state index contributed by atoms with van der Waals surface area (Å²) in [5, 5.41) is 15.5. The standard InChI is InChI=1S/C21H22ClFN4O4S/c1-21(2,3)17(25-20(28)29)10-13-11-18(32(30,31)14-6-5-9-24-12-14)27(26-13)16-8-4-7-15(23)19(16)22/h4-9,11-12,17,25H,10H2,1-3H3,(H,28,29). The summed E-state index contributed by atoms with van der Waals surface area (Å²) in [5.41, 5.74) is -0.151. The minimum absolute atomic E-state index is 0.0406. The number of sulfone groups is 1. The average molecular weight is 481 g/mol. The van der Waals surface area contributed by atoms with E-state index in [-0.39, 0.29) is 27.1 Å². The van der Waals surface area contributed by atoms with E-state index in [0.717, 1.165) is 10.7 Å². The van der Waals surface area contributed by atoms with Crippen LogP contribution < -0.4 is 5.32 Å². The highest BCUT2D eigenvalue weighted by Crippen LogP contribution is 2.30. The van der Waals surface area contributed by atoms with Gasteiger partial charge in [-0.15, -0.1) is 0 Å². The van der Waals surface area contributed by atoms with E-state index in [0.29, 0.717) is 5.69 Å². The van der Waals surface area contributed by atoms with E-state index in [1.165, 1.54) is 42.7 Å². The number of benzene rings is 1. The molecule has 2 aromatic heterocycles. The molecule has 11 heteroatoms. The normalized spacial score (nSPS) is 13.0. The minimum atomic E-state index is -4.10. The fourth-order valence-electron chi connectivity index (χ4n) is 3.09. The summed E-state index contributed by atoms with van der Waals surface area (Å²) in [4.78, 5) is 15.1. The van der Waals surface area contributed by atoms with Gasteiger partial charge < -0.3 is 10.4 Å². The number of rotatable bonds is 6. The highest BCUT2D eigenvalue weighted by molar-refractivity contribution is 7.91. The van der Waals surface area contributed by atoms with Crippen molar-refractivity contribution in [3.05, 3.63) is 65.3 Å². The van der Waals surface area contributed by atoms with Crippen LogP contribution in [0.5, 0.6) is 0 Å². The summed E-state index contributed by atoms with van der Waals surface area (Å²) < 4.78 is 41.9. The zero-order valence-corrected chi connectivity index (χ0v) is 19.2. The number of aromatic nitrogens is 3. The molecule has 3 rings (SSSR count). The Kier molecular flexibility index (Phi) is 6.56. The number of halogens is 2. The predicted molar refractivity (Wildman–Crippen MR) is 116 cm³/mol. The van der Waals surface area contributed by atoms with Crippen LogP contribution >= 0.6 is 11.6 Å². The van der Waals surface area contributed by atoms with Crippen molar-refractivity contribution in [2.75, 3.05) is 0 Å². The third kappa shape index (κ3) is 4.91. The van der Waals surface area contributed by atoms with Crippen molar-refractivity contribution in [3.63, 3.8) is 0 Å². The molecule has 1 aromatic carbocycles. The Hall–Kier alpha value is -2.98. The smallest absolute Gasteiger partial charge is 0.404 e. The van der Waals surface area contributed by atoms with Crippen molar-refractivity contribution >= 4 is 27.5 Å². The Bertz CT molecular complexity index is 1240. The van der Waals surface area contributed by atoms with E-state index in [1.807, 2.05) is 20.8 Å². The molecule has 170 valence electrons. The molecule has 0 aliphatic heterocycles. The third-order valence-corrected chi connectivity index (χ3v) is 6.94. The van der Waals surface area contributed by atoms with Crippen molar-refractivity contribution < 1.29 is 22.7 Å². The lowest BCUT2D eigenvalue weighted by Gasteiger charge is -2.29. The van der Waals surface area contributed by atoms with Crippen molar-refractivity contribution in [1.29, 1.82) is 0 Å². The predicted octanol–water partition coefficient (Wildman–Crippen LogP) is 4.12. The number of carboxylic acid groups (broad SMARTS) is 1. The molecule has 0 fully saturated rings. The largest absolute Gasteiger partial charge is 0.465 e. The van der Waals surface area contributed by atoms with Crippen LogP contribution in [-0.4, -0.2) is 40.4 Å². The van der Waals surface area contributed by atoms with E-state index in [9.17, 15) is 22.7 Å². The van der Waals surface area contributed by atoms with Crippen molar-refractivity contribution in [2.45, 2.75) is 43.2 Å². The monoisotopic (exact) mass is 480 g/mol. The third-order valence-electron chi connectivity index (χ3n) is 4.86. The number of nitrogens with one attached hydrogen (secondary N) is 1. The second kappa shape index (κ2) is 8.87. The molecule has 2 heterocycles. The van der Waals surface area contributed by atoms with Crippen LogP contribution in [-0.2, 0) is 16.3 Å². The lowest BCUT2D eigenvalue weighted by Crippen LogP contribution is -2.44. The van der Waals surface area contributed by atoms with Gasteiger partial charge in [0.05, 0.1) is 16.3 Å².